The summed E-state index contributed by atoms with van der Waals surface area (Å²) in [6.07, 6.45) is 0.879. The van der Waals surface area contributed by atoms with Crippen molar-refractivity contribution in [3.05, 3.63) is 10.6 Å². The second-order valence-electron chi connectivity index (χ2n) is 3.18. The van der Waals surface area contributed by atoms with E-state index in [-0.39, 0.29) is 6.04 Å². The summed E-state index contributed by atoms with van der Waals surface area (Å²) in [6, 6.07) is 0.246. The highest BCUT2D eigenvalue weighted by Crippen LogP contribution is 2.10. The lowest BCUT2D eigenvalue weighted by molar-refractivity contribution is 0.117. The number of aromatic nitrogens is 3. The van der Waals surface area contributed by atoms with Crippen molar-refractivity contribution in [2.24, 2.45) is 0 Å². The summed E-state index contributed by atoms with van der Waals surface area (Å²) in [5, 5.41) is 6.96. The maximum Gasteiger partial charge on any atom is 0.195 e. The fraction of sp³-hybridized carbons (Fsp3) is 0.778. The van der Waals surface area contributed by atoms with Crippen LogP contribution in [0.4, 0.5) is 0 Å². The maximum absolute atomic E-state index is 5.36. The third-order valence-corrected chi connectivity index (χ3v) is 2.39. The van der Waals surface area contributed by atoms with E-state index < -0.39 is 0 Å². The van der Waals surface area contributed by atoms with Gasteiger partial charge in [0.2, 0.25) is 0 Å². The molecule has 5 heteroatoms. The first-order chi connectivity index (χ1) is 6.70. The van der Waals surface area contributed by atoms with Crippen LogP contribution in [-0.2, 0) is 11.2 Å². The van der Waals surface area contributed by atoms with Gasteiger partial charge in [0.1, 0.15) is 5.82 Å². The van der Waals surface area contributed by atoms with Crippen LogP contribution in [0.5, 0.6) is 0 Å². The van der Waals surface area contributed by atoms with E-state index >= 15 is 0 Å². The lowest BCUT2D eigenvalue weighted by atomic mass is 10.3. The second-order valence-corrected chi connectivity index (χ2v) is 3.56. The molecule has 1 atom stereocenters. The lowest BCUT2D eigenvalue weighted by Gasteiger charge is -2.14. The number of H-pyrrole nitrogens is 1. The van der Waals surface area contributed by atoms with Gasteiger partial charge in [-0.25, -0.2) is 0 Å². The molecule has 0 saturated carbocycles. The Morgan fingerprint density at radius 3 is 2.86 bits per heavy atom. The molecule has 1 rings (SSSR count). The highest BCUT2D eigenvalue weighted by Gasteiger charge is 2.10. The fourth-order valence-electron chi connectivity index (χ4n) is 1.40. The molecule has 0 amide bonds. The smallest absolute Gasteiger partial charge is 0.195 e. The van der Waals surface area contributed by atoms with Crippen LogP contribution in [0.3, 0.4) is 0 Å². The summed E-state index contributed by atoms with van der Waals surface area (Å²) in [5.74, 6) is 0.988. The van der Waals surface area contributed by atoms with Gasteiger partial charge in [0.15, 0.2) is 4.77 Å². The van der Waals surface area contributed by atoms with Gasteiger partial charge in [-0.05, 0) is 26.1 Å². The summed E-state index contributed by atoms with van der Waals surface area (Å²) < 4.78 is 8.06. The Morgan fingerprint density at radius 2 is 2.29 bits per heavy atom. The van der Waals surface area contributed by atoms with E-state index in [1.54, 1.807) is 0 Å². The zero-order valence-electron chi connectivity index (χ0n) is 8.91. The van der Waals surface area contributed by atoms with Crippen molar-refractivity contribution < 1.29 is 4.74 Å². The normalized spacial score (nSPS) is 13.1. The van der Waals surface area contributed by atoms with Crippen molar-refractivity contribution in [1.29, 1.82) is 0 Å². The first kappa shape index (κ1) is 11.4. The van der Waals surface area contributed by atoms with Crippen molar-refractivity contribution in [3.8, 4) is 0 Å². The summed E-state index contributed by atoms with van der Waals surface area (Å²) in [5.41, 5.74) is 0. The van der Waals surface area contributed by atoms with Gasteiger partial charge in [-0.3, -0.25) is 9.67 Å². The minimum absolute atomic E-state index is 0.246. The predicted octanol–water partition coefficient (Wildman–Crippen LogP) is 2.10. The van der Waals surface area contributed by atoms with Gasteiger partial charge in [0, 0.05) is 13.0 Å². The van der Waals surface area contributed by atoms with Gasteiger partial charge in [-0.1, -0.05) is 6.92 Å². The predicted molar refractivity (Wildman–Crippen MR) is 58.0 cm³/mol. The van der Waals surface area contributed by atoms with Crippen molar-refractivity contribution >= 4 is 12.2 Å². The molecule has 0 saturated heterocycles. The SMILES string of the molecule is CCOCC(C)n1c(CC)n[nH]c1=S. The van der Waals surface area contributed by atoms with Crippen LogP contribution >= 0.6 is 12.2 Å². The highest BCUT2D eigenvalue weighted by atomic mass is 32.1. The van der Waals surface area contributed by atoms with Crippen molar-refractivity contribution in [3.63, 3.8) is 0 Å². The van der Waals surface area contributed by atoms with E-state index in [0.29, 0.717) is 11.4 Å². The fourth-order valence-corrected chi connectivity index (χ4v) is 1.74. The molecule has 0 aliphatic heterocycles. The molecular weight excluding hydrogens is 198 g/mol. The number of hydrogen-bond acceptors (Lipinski definition) is 3. The average Bonchev–Trinajstić information content (AvgIpc) is 2.56. The topological polar surface area (TPSA) is 42.8 Å². The summed E-state index contributed by atoms with van der Waals surface area (Å²) in [6.45, 7) is 7.55. The molecule has 1 unspecified atom stereocenters. The molecule has 1 aromatic heterocycles. The van der Waals surface area contributed by atoms with E-state index in [1.165, 1.54) is 0 Å². The summed E-state index contributed by atoms with van der Waals surface area (Å²) in [4.78, 5) is 0. The zero-order chi connectivity index (χ0) is 10.6. The van der Waals surface area contributed by atoms with Crippen LogP contribution in [-0.4, -0.2) is 28.0 Å². The molecule has 1 N–H and O–H groups in total. The molecule has 1 aromatic rings. The number of aromatic amines is 1. The minimum Gasteiger partial charge on any atom is -0.380 e. The summed E-state index contributed by atoms with van der Waals surface area (Å²) >= 11 is 5.16. The van der Waals surface area contributed by atoms with E-state index in [9.17, 15) is 0 Å². The van der Waals surface area contributed by atoms with Gasteiger partial charge >= 0.3 is 0 Å². The maximum atomic E-state index is 5.36. The molecule has 0 fully saturated rings. The quantitative estimate of drug-likeness (QED) is 0.765. The Balaban J connectivity index is 2.81. The Labute approximate surface area is 89.3 Å². The van der Waals surface area contributed by atoms with Crippen LogP contribution in [0.1, 0.15) is 32.6 Å². The van der Waals surface area contributed by atoms with E-state index in [2.05, 4.69) is 24.0 Å². The Hall–Kier alpha value is -0.680. The van der Waals surface area contributed by atoms with Gasteiger partial charge in [0.25, 0.3) is 0 Å². The Bertz CT molecular complexity index is 331. The Morgan fingerprint density at radius 1 is 1.57 bits per heavy atom. The third-order valence-electron chi connectivity index (χ3n) is 2.10. The standard InChI is InChI=1S/C9H17N3OS/c1-4-8-10-11-9(14)12(8)7(3)6-13-5-2/h7H,4-6H2,1-3H3,(H,11,14). The molecular formula is C9H17N3OS. The largest absolute Gasteiger partial charge is 0.380 e. The van der Waals surface area contributed by atoms with Crippen LogP contribution < -0.4 is 0 Å². The number of rotatable bonds is 5. The average molecular weight is 215 g/mol. The molecule has 0 aliphatic carbocycles. The minimum atomic E-state index is 0.246. The van der Waals surface area contributed by atoms with Crippen LogP contribution in [0, 0.1) is 4.77 Å². The number of nitrogens with one attached hydrogen (secondary N) is 1. The monoisotopic (exact) mass is 215 g/mol. The molecule has 0 aromatic carbocycles. The van der Waals surface area contributed by atoms with Crippen molar-refractivity contribution in [2.45, 2.75) is 33.2 Å². The first-order valence-corrected chi connectivity index (χ1v) is 5.35. The number of hydrogen-bond donors (Lipinski definition) is 1. The molecule has 0 aliphatic rings. The van der Waals surface area contributed by atoms with Gasteiger partial charge in [-0.15, -0.1) is 0 Å². The van der Waals surface area contributed by atoms with Crippen molar-refractivity contribution in [1.82, 2.24) is 14.8 Å². The molecule has 4 nitrogen and oxygen atoms in total. The molecule has 0 bridgehead atoms. The number of ether oxygens (including phenoxy) is 1. The number of nitrogens with zero attached hydrogens (tertiary/aromatic N) is 2. The zero-order valence-corrected chi connectivity index (χ0v) is 9.73. The number of aryl methyl sites for hydroxylation is 1. The molecule has 0 radical (unpaired) electrons. The molecule has 14 heavy (non-hydrogen) atoms. The molecule has 0 spiro atoms. The highest BCUT2D eigenvalue weighted by molar-refractivity contribution is 7.71. The van der Waals surface area contributed by atoms with E-state index in [4.69, 9.17) is 17.0 Å². The van der Waals surface area contributed by atoms with E-state index in [0.717, 1.165) is 18.9 Å². The van der Waals surface area contributed by atoms with E-state index in [1.807, 2.05) is 11.5 Å². The third kappa shape index (κ3) is 2.42. The van der Waals surface area contributed by atoms with Crippen LogP contribution in [0.15, 0.2) is 0 Å². The van der Waals surface area contributed by atoms with Gasteiger partial charge < -0.3 is 4.74 Å². The van der Waals surface area contributed by atoms with Gasteiger partial charge in [0.05, 0.1) is 12.6 Å². The second kappa shape index (κ2) is 5.26. The van der Waals surface area contributed by atoms with Crippen LogP contribution in [0.25, 0.3) is 0 Å². The first-order valence-electron chi connectivity index (χ1n) is 4.94. The van der Waals surface area contributed by atoms with Crippen molar-refractivity contribution in [2.75, 3.05) is 13.2 Å². The molecule has 1 heterocycles. The van der Waals surface area contributed by atoms with Gasteiger partial charge in [-0.2, -0.15) is 5.10 Å². The molecule has 80 valence electrons. The van der Waals surface area contributed by atoms with Crippen LogP contribution in [0.2, 0.25) is 0 Å². The lowest BCUT2D eigenvalue weighted by Crippen LogP contribution is -2.15. The summed E-state index contributed by atoms with van der Waals surface area (Å²) in [7, 11) is 0. The Kier molecular flexibility index (Phi) is 4.28.